The second-order valence-corrected chi connectivity index (χ2v) is 6.16. The van der Waals surface area contributed by atoms with Gasteiger partial charge in [0, 0.05) is 50.0 Å². The third-order valence-electron chi connectivity index (χ3n) is 4.44. The molecule has 1 aromatic rings. The monoisotopic (exact) mass is 346 g/mol. The van der Waals surface area contributed by atoms with E-state index in [0.29, 0.717) is 32.0 Å². The third-order valence-corrected chi connectivity index (χ3v) is 4.44. The second-order valence-electron chi connectivity index (χ2n) is 6.16. The van der Waals surface area contributed by atoms with Gasteiger partial charge in [-0.05, 0) is 6.92 Å². The minimum Gasteiger partial charge on any atom is -0.377 e. The van der Waals surface area contributed by atoms with Crippen LogP contribution >= 0.6 is 0 Å². The molecular formula is C15H21F3N4O2. The van der Waals surface area contributed by atoms with Gasteiger partial charge in [-0.15, -0.1) is 0 Å². The molecule has 1 unspecified atom stereocenters. The fraction of sp³-hybridized carbons (Fsp3) is 0.667. The van der Waals surface area contributed by atoms with E-state index >= 15 is 0 Å². The van der Waals surface area contributed by atoms with E-state index in [1.807, 2.05) is 11.8 Å². The summed E-state index contributed by atoms with van der Waals surface area (Å²) in [5, 5.41) is 2.76. The van der Waals surface area contributed by atoms with Crippen LogP contribution in [0.25, 0.3) is 0 Å². The van der Waals surface area contributed by atoms with Gasteiger partial charge in [-0.25, -0.2) is 0 Å². The number of nitrogens with zero attached hydrogens (tertiary/aromatic N) is 2. The predicted molar refractivity (Wildman–Crippen MR) is 84.7 cm³/mol. The van der Waals surface area contributed by atoms with Crippen LogP contribution in [0, 0.1) is 0 Å². The van der Waals surface area contributed by atoms with Crippen molar-refractivity contribution in [3.63, 3.8) is 0 Å². The second kappa shape index (κ2) is 6.64. The Morgan fingerprint density at radius 1 is 1.25 bits per heavy atom. The van der Waals surface area contributed by atoms with E-state index in [4.69, 9.17) is 4.74 Å². The first-order valence-electron chi connectivity index (χ1n) is 7.99. The summed E-state index contributed by atoms with van der Waals surface area (Å²) in [6.07, 6.45) is -4.37. The van der Waals surface area contributed by atoms with Gasteiger partial charge in [0.25, 0.3) is 5.56 Å². The van der Waals surface area contributed by atoms with Gasteiger partial charge in [-0.3, -0.25) is 4.79 Å². The lowest BCUT2D eigenvalue weighted by Gasteiger charge is -2.39. The number of H-pyrrole nitrogens is 1. The van der Waals surface area contributed by atoms with E-state index in [2.05, 4.69) is 10.3 Å². The highest BCUT2D eigenvalue weighted by Crippen LogP contribution is 2.30. The number of anilines is 2. The summed E-state index contributed by atoms with van der Waals surface area (Å²) in [5.41, 5.74) is 0.227. The molecule has 2 fully saturated rings. The van der Waals surface area contributed by atoms with Crippen LogP contribution in [-0.4, -0.2) is 62.6 Å². The van der Waals surface area contributed by atoms with Gasteiger partial charge in [0.15, 0.2) is 0 Å². The molecule has 2 atom stereocenters. The first-order chi connectivity index (χ1) is 11.4. The highest BCUT2D eigenvalue weighted by atomic mass is 19.4. The number of piperazine rings is 1. The average molecular weight is 346 g/mol. The molecule has 2 saturated heterocycles. The molecule has 2 aliphatic heterocycles. The molecule has 6 nitrogen and oxygen atoms in total. The van der Waals surface area contributed by atoms with Crippen LogP contribution in [0.5, 0.6) is 0 Å². The van der Waals surface area contributed by atoms with Crippen molar-refractivity contribution in [3.8, 4) is 0 Å². The van der Waals surface area contributed by atoms with Crippen LogP contribution in [-0.2, 0) is 4.74 Å². The highest BCUT2D eigenvalue weighted by molar-refractivity contribution is 5.56. The molecule has 0 radical (unpaired) electrons. The summed E-state index contributed by atoms with van der Waals surface area (Å²) in [4.78, 5) is 17.8. The van der Waals surface area contributed by atoms with Crippen molar-refractivity contribution in [2.45, 2.75) is 25.2 Å². The molecule has 0 aromatic carbocycles. The van der Waals surface area contributed by atoms with Crippen LogP contribution in [0.2, 0.25) is 0 Å². The molecule has 0 bridgehead atoms. The maximum Gasteiger partial charge on any atom is 0.410 e. The van der Waals surface area contributed by atoms with Gasteiger partial charge in [-0.1, -0.05) is 0 Å². The van der Waals surface area contributed by atoms with Crippen LogP contribution in [0.15, 0.2) is 16.9 Å². The van der Waals surface area contributed by atoms with E-state index in [1.165, 1.54) is 11.0 Å². The van der Waals surface area contributed by atoms with Crippen LogP contribution in [0.1, 0.15) is 6.92 Å². The number of ether oxygens (including phenoxy) is 1. The quantitative estimate of drug-likeness (QED) is 0.835. The number of pyridine rings is 1. The summed E-state index contributed by atoms with van der Waals surface area (Å²) < 4.78 is 45.3. The van der Waals surface area contributed by atoms with Crippen molar-refractivity contribution in [2.24, 2.45) is 0 Å². The Labute approximate surface area is 137 Å². The van der Waals surface area contributed by atoms with Crippen molar-refractivity contribution in [1.82, 2.24) is 10.3 Å². The molecule has 2 aliphatic rings. The Balaban J connectivity index is 1.94. The first kappa shape index (κ1) is 17.1. The van der Waals surface area contributed by atoms with E-state index in [-0.39, 0.29) is 24.9 Å². The van der Waals surface area contributed by atoms with Crippen molar-refractivity contribution in [1.29, 1.82) is 0 Å². The number of halogens is 3. The van der Waals surface area contributed by atoms with Crippen molar-refractivity contribution in [3.05, 3.63) is 22.5 Å². The molecule has 134 valence electrons. The smallest absolute Gasteiger partial charge is 0.377 e. The van der Waals surface area contributed by atoms with Crippen molar-refractivity contribution in [2.75, 3.05) is 49.2 Å². The number of aromatic nitrogens is 1. The molecule has 1 aromatic heterocycles. The fourth-order valence-electron chi connectivity index (χ4n) is 3.23. The number of alkyl halides is 3. The molecule has 9 heteroatoms. The minimum atomic E-state index is -4.37. The number of aromatic amines is 1. The van der Waals surface area contributed by atoms with Gasteiger partial charge >= 0.3 is 6.18 Å². The maximum atomic E-state index is 13.3. The predicted octanol–water partition coefficient (Wildman–Crippen LogP) is 0.940. The highest BCUT2D eigenvalue weighted by Gasteiger charge is 2.45. The van der Waals surface area contributed by atoms with Gasteiger partial charge in [-0.2, -0.15) is 13.2 Å². The number of rotatable bonds is 2. The minimum absolute atomic E-state index is 0.0647. The lowest BCUT2D eigenvalue weighted by molar-refractivity contribution is -0.149. The molecule has 2 N–H and O–H groups in total. The molecule has 3 heterocycles. The Hall–Kier alpha value is -1.74. The normalized spacial score (nSPS) is 25.8. The number of nitrogens with one attached hydrogen (secondary N) is 2. The van der Waals surface area contributed by atoms with Crippen LogP contribution in [0.3, 0.4) is 0 Å². The Kier molecular flexibility index (Phi) is 4.73. The first-order valence-corrected chi connectivity index (χ1v) is 7.99. The number of hydrogen-bond donors (Lipinski definition) is 2. The average Bonchev–Trinajstić information content (AvgIpc) is 2.54. The summed E-state index contributed by atoms with van der Waals surface area (Å²) in [6, 6.07) is 1.47. The Bertz CT molecular complexity index is 634. The van der Waals surface area contributed by atoms with Crippen LogP contribution < -0.4 is 20.7 Å². The fourth-order valence-corrected chi connectivity index (χ4v) is 3.23. The molecular weight excluding hydrogens is 325 g/mol. The molecule has 0 amide bonds. The zero-order valence-corrected chi connectivity index (χ0v) is 13.4. The van der Waals surface area contributed by atoms with E-state index < -0.39 is 17.8 Å². The third kappa shape index (κ3) is 3.51. The van der Waals surface area contributed by atoms with Gasteiger partial charge in [0.1, 0.15) is 11.9 Å². The Morgan fingerprint density at radius 3 is 2.75 bits per heavy atom. The topological polar surface area (TPSA) is 60.6 Å². The van der Waals surface area contributed by atoms with E-state index in [9.17, 15) is 18.0 Å². The molecule has 0 spiro atoms. The lowest BCUT2D eigenvalue weighted by Crippen LogP contribution is -2.58. The summed E-state index contributed by atoms with van der Waals surface area (Å²) in [5.74, 6) is 0.208. The molecule has 0 aliphatic carbocycles. The zero-order chi connectivity index (χ0) is 17.3. The van der Waals surface area contributed by atoms with E-state index in [0.717, 1.165) is 0 Å². The van der Waals surface area contributed by atoms with Gasteiger partial charge < -0.3 is 24.8 Å². The molecule has 24 heavy (non-hydrogen) atoms. The SMILES string of the molecule is C[C@@H]1COCCN1c1cc(N2CCNCC2C(F)(F)F)[nH]c(=O)c1. The number of morpholine rings is 1. The standard InChI is InChI=1S/C15H21F3N4O2/c1-10-9-24-5-4-21(10)11-6-13(20-14(23)7-11)22-3-2-19-8-12(22)15(16,17)18/h6-7,10,12,19H,2-5,8-9H2,1H3,(H,20,23)/t10-,12?/m1/s1. The molecule has 3 rings (SSSR count). The zero-order valence-electron chi connectivity index (χ0n) is 13.4. The number of hydrogen-bond acceptors (Lipinski definition) is 5. The van der Waals surface area contributed by atoms with Gasteiger partial charge in [0.05, 0.1) is 13.2 Å². The van der Waals surface area contributed by atoms with Crippen molar-refractivity contribution >= 4 is 11.5 Å². The van der Waals surface area contributed by atoms with E-state index in [1.54, 1.807) is 6.07 Å². The Morgan fingerprint density at radius 2 is 2.04 bits per heavy atom. The lowest BCUT2D eigenvalue weighted by atomic mass is 10.1. The summed E-state index contributed by atoms with van der Waals surface area (Å²) in [6.45, 7) is 4.06. The van der Waals surface area contributed by atoms with Crippen LogP contribution in [0.4, 0.5) is 24.7 Å². The summed E-state index contributed by atoms with van der Waals surface area (Å²) in [7, 11) is 0. The van der Waals surface area contributed by atoms with Crippen molar-refractivity contribution < 1.29 is 17.9 Å². The van der Waals surface area contributed by atoms with Gasteiger partial charge in [0.2, 0.25) is 0 Å². The summed E-state index contributed by atoms with van der Waals surface area (Å²) >= 11 is 0. The molecule has 0 saturated carbocycles. The maximum absolute atomic E-state index is 13.3. The largest absolute Gasteiger partial charge is 0.410 e.